The third-order valence-corrected chi connectivity index (χ3v) is 9.21. The van der Waals surface area contributed by atoms with Crippen molar-refractivity contribution in [2.45, 2.75) is 89.9 Å². The molecule has 0 radical (unpaired) electrons. The number of hydrogen-bond acceptors (Lipinski definition) is 3. The first kappa shape index (κ1) is 16.4. The van der Waals surface area contributed by atoms with Crippen molar-refractivity contribution in [3.8, 4) is 0 Å². The quantitative estimate of drug-likeness (QED) is 0.642. The van der Waals surface area contributed by atoms with Crippen LogP contribution >= 0.6 is 0 Å². The molecule has 132 valence electrons. The monoisotopic (exact) mass is 322 g/mol. The Balaban J connectivity index is 1.68. The summed E-state index contributed by atoms with van der Waals surface area (Å²) < 4.78 is 0. The van der Waals surface area contributed by atoms with Gasteiger partial charge in [-0.25, -0.2) is 0 Å². The van der Waals surface area contributed by atoms with E-state index in [9.17, 15) is 15.3 Å². The fraction of sp³-hybridized carbons (Fsp3) is 1.00. The largest absolute Gasteiger partial charge is 0.393 e. The van der Waals surface area contributed by atoms with Gasteiger partial charge in [0.1, 0.15) is 0 Å². The van der Waals surface area contributed by atoms with E-state index in [2.05, 4.69) is 13.8 Å². The molecule has 0 heterocycles. The number of aliphatic hydroxyl groups excluding tert-OH is 2. The third-order valence-electron chi connectivity index (χ3n) is 9.21. The first-order valence-corrected chi connectivity index (χ1v) is 9.77. The van der Waals surface area contributed by atoms with Crippen molar-refractivity contribution in [2.75, 3.05) is 0 Å². The summed E-state index contributed by atoms with van der Waals surface area (Å²) in [5.41, 5.74) is -0.350. The molecule has 0 saturated heterocycles. The molecule has 3 nitrogen and oxygen atoms in total. The normalized spacial score (nSPS) is 62.3. The van der Waals surface area contributed by atoms with Crippen LogP contribution in [0.3, 0.4) is 0 Å². The van der Waals surface area contributed by atoms with Gasteiger partial charge in [-0.05, 0) is 92.8 Å². The van der Waals surface area contributed by atoms with Crippen LogP contribution in [0.2, 0.25) is 0 Å². The Morgan fingerprint density at radius 1 is 0.783 bits per heavy atom. The fourth-order valence-corrected chi connectivity index (χ4v) is 7.52. The van der Waals surface area contributed by atoms with E-state index in [0.717, 1.165) is 44.9 Å². The van der Waals surface area contributed by atoms with Crippen LogP contribution in [0.25, 0.3) is 0 Å². The molecule has 23 heavy (non-hydrogen) atoms. The highest BCUT2D eigenvalue weighted by molar-refractivity contribution is 5.14. The minimum atomic E-state index is -0.548. The van der Waals surface area contributed by atoms with Crippen LogP contribution in [-0.4, -0.2) is 33.1 Å². The molecule has 0 aromatic heterocycles. The van der Waals surface area contributed by atoms with Gasteiger partial charge in [-0.3, -0.25) is 0 Å². The number of aliphatic hydroxyl groups is 3. The van der Waals surface area contributed by atoms with Gasteiger partial charge >= 0.3 is 0 Å². The minimum Gasteiger partial charge on any atom is -0.393 e. The average Bonchev–Trinajstić information content (AvgIpc) is 2.72. The van der Waals surface area contributed by atoms with Gasteiger partial charge in [0.25, 0.3) is 0 Å². The van der Waals surface area contributed by atoms with E-state index in [1.165, 1.54) is 6.42 Å². The minimum absolute atomic E-state index is 0.0191. The van der Waals surface area contributed by atoms with Gasteiger partial charge in [0.05, 0.1) is 17.8 Å². The van der Waals surface area contributed by atoms with Gasteiger partial charge in [-0.2, -0.15) is 0 Å². The molecule has 9 atom stereocenters. The molecule has 3 N–H and O–H groups in total. The molecule has 0 amide bonds. The maximum absolute atomic E-state index is 10.9. The summed E-state index contributed by atoms with van der Waals surface area (Å²) in [5, 5.41) is 31.9. The molecule has 0 aromatic carbocycles. The zero-order valence-electron chi connectivity index (χ0n) is 15.0. The van der Waals surface area contributed by atoms with Crippen molar-refractivity contribution in [1.82, 2.24) is 0 Å². The van der Waals surface area contributed by atoms with Gasteiger partial charge in [0.15, 0.2) is 0 Å². The van der Waals surface area contributed by atoms with Crippen LogP contribution in [0.4, 0.5) is 0 Å². The van der Waals surface area contributed by atoms with Crippen molar-refractivity contribution in [2.24, 2.45) is 34.5 Å². The summed E-state index contributed by atoms with van der Waals surface area (Å²) in [4.78, 5) is 0. The lowest BCUT2D eigenvalue weighted by Gasteiger charge is -2.62. The Bertz CT molecular complexity index is 489. The van der Waals surface area contributed by atoms with Crippen molar-refractivity contribution in [3.63, 3.8) is 0 Å². The van der Waals surface area contributed by atoms with Crippen molar-refractivity contribution >= 4 is 0 Å². The Hall–Kier alpha value is -0.120. The zero-order chi connectivity index (χ0) is 16.6. The van der Waals surface area contributed by atoms with E-state index in [1.807, 2.05) is 6.92 Å². The van der Waals surface area contributed by atoms with Crippen LogP contribution in [0, 0.1) is 34.5 Å². The van der Waals surface area contributed by atoms with Gasteiger partial charge in [0.2, 0.25) is 0 Å². The standard InChI is InChI=1S/C20H34O3/c1-18-7-4-12(21)10-16(18)17(22)11-13-14(18)5-8-19(2)15(13)6-9-20(19,3)23/h12-17,21-23H,4-11H2,1-3H3/t12-,13+,14-,15-,16+,17+,18+,19-,20-/m0/s1. The highest BCUT2D eigenvalue weighted by atomic mass is 16.3. The molecule has 0 aromatic rings. The molecular weight excluding hydrogens is 288 g/mol. The lowest BCUT2D eigenvalue weighted by atomic mass is 9.44. The summed E-state index contributed by atoms with van der Waals surface area (Å²) in [7, 11) is 0. The summed E-state index contributed by atoms with van der Waals surface area (Å²) >= 11 is 0. The number of rotatable bonds is 0. The molecule has 4 aliphatic rings. The van der Waals surface area contributed by atoms with Crippen LogP contribution in [-0.2, 0) is 0 Å². The van der Waals surface area contributed by atoms with E-state index in [4.69, 9.17) is 0 Å². The van der Waals surface area contributed by atoms with E-state index in [-0.39, 0.29) is 29.0 Å². The van der Waals surface area contributed by atoms with Crippen LogP contribution in [0.1, 0.15) is 72.1 Å². The summed E-state index contributed by atoms with van der Waals surface area (Å²) in [6.07, 6.45) is 7.43. The Morgan fingerprint density at radius 2 is 1.48 bits per heavy atom. The van der Waals surface area contributed by atoms with E-state index < -0.39 is 5.60 Å². The van der Waals surface area contributed by atoms with Crippen molar-refractivity contribution in [3.05, 3.63) is 0 Å². The van der Waals surface area contributed by atoms with Gasteiger partial charge in [-0.1, -0.05) is 13.8 Å². The SMILES string of the molecule is C[C@]12CC[C@H](O)C[C@@H]1[C@H](O)C[C@@H]1[C@@H]2CC[C@@]2(C)[C@H]1CC[C@]2(C)O. The Labute approximate surface area is 140 Å². The van der Waals surface area contributed by atoms with Gasteiger partial charge in [-0.15, -0.1) is 0 Å². The number of fused-ring (bicyclic) bond motifs is 5. The molecule has 0 aliphatic heterocycles. The summed E-state index contributed by atoms with van der Waals surface area (Å²) in [5.74, 6) is 2.03. The van der Waals surface area contributed by atoms with Crippen LogP contribution in [0.5, 0.6) is 0 Å². The number of hydrogen-bond donors (Lipinski definition) is 3. The molecule has 0 unspecified atom stereocenters. The lowest BCUT2D eigenvalue weighted by molar-refractivity contribution is -0.185. The molecular formula is C20H34O3. The molecule has 4 aliphatic carbocycles. The zero-order valence-corrected chi connectivity index (χ0v) is 15.0. The lowest BCUT2D eigenvalue weighted by Crippen LogP contribution is -2.59. The molecule has 4 rings (SSSR count). The molecule has 3 heteroatoms. The van der Waals surface area contributed by atoms with E-state index >= 15 is 0 Å². The summed E-state index contributed by atoms with van der Waals surface area (Å²) in [6.45, 7) is 6.72. The highest BCUT2D eigenvalue weighted by Crippen LogP contribution is 2.68. The van der Waals surface area contributed by atoms with Gasteiger partial charge in [0, 0.05) is 0 Å². The molecule has 0 bridgehead atoms. The molecule has 4 saturated carbocycles. The van der Waals surface area contributed by atoms with Crippen molar-refractivity contribution in [1.29, 1.82) is 0 Å². The van der Waals surface area contributed by atoms with Gasteiger partial charge < -0.3 is 15.3 Å². The maximum Gasteiger partial charge on any atom is 0.0675 e. The fourth-order valence-electron chi connectivity index (χ4n) is 7.52. The third kappa shape index (κ3) is 2.05. The van der Waals surface area contributed by atoms with E-state index in [0.29, 0.717) is 17.8 Å². The van der Waals surface area contributed by atoms with Crippen LogP contribution in [0.15, 0.2) is 0 Å². The predicted octanol–water partition coefficient (Wildman–Crippen LogP) is 3.11. The first-order valence-electron chi connectivity index (χ1n) is 9.77. The second-order valence-electron chi connectivity index (χ2n) is 9.99. The molecule has 0 spiro atoms. The predicted molar refractivity (Wildman–Crippen MR) is 89.7 cm³/mol. The Kier molecular flexibility index (Phi) is 3.52. The Morgan fingerprint density at radius 3 is 2.22 bits per heavy atom. The van der Waals surface area contributed by atoms with E-state index in [1.54, 1.807) is 0 Å². The second-order valence-corrected chi connectivity index (χ2v) is 9.99. The topological polar surface area (TPSA) is 60.7 Å². The second kappa shape index (κ2) is 4.95. The maximum atomic E-state index is 10.9. The highest BCUT2D eigenvalue weighted by Gasteiger charge is 2.64. The summed E-state index contributed by atoms with van der Waals surface area (Å²) in [6, 6.07) is 0. The average molecular weight is 322 g/mol. The smallest absolute Gasteiger partial charge is 0.0675 e. The van der Waals surface area contributed by atoms with Crippen LogP contribution < -0.4 is 0 Å². The first-order chi connectivity index (χ1) is 10.7. The molecule has 4 fully saturated rings. The van der Waals surface area contributed by atoms with Crippen molar-refractivity contribution < 1.29 is 15.3 Å².